The molecule has 3 saturated carbocycles. The Morgan fingerprint density at radius 2 is 1.87 bits per heavy atom. The van der Waals surface area contributed by atoms with Crippen LogP contribution < -0.4 is 0 Å². The van der Waals surface area contributed by atoms with Gasteiger partial charge in [0.05, 0.1) is 0 Å². The summed E-state index contributed by atoms with van der Waals surface area (Å²) in [5, 5.41) is 0. The van der Waals surface area contributed by atoms with E-state index in [0.29, 0.717) is 34.5 Å². The summed E-state index contributed by atoms with van der Waals surface area (Å²) in [4.78, 5) is 0. The molecule has 4 fully saturated rings. The molecule has 0 bridgehead atoms. The van der Waals surface area contributed by atoms with Gasteiger partial charge in [-0.05, 0) is 91.4 Å². The van der Waals surface area contributed by atoms with Crippen LogP contribution in [0.4, 0.5) is 0 Å². The first-order valence-corrected chi connectivity index (χ1v) is 12.3. The molecule has 0 amide bonds. The first-order valence-electron chi connectivity index (χ1n) is 12.3. The zero-order chi connectivity index (χ0) is 21.5. The van der Waals surface area contributed by atoms with E-state index in [1.54, 1.807) is 7.11 Å². The lowest BCUT2D eigenvalue weighted by molar-refractivity contribution is -0.262. The molecule has 0 aromatic heterocycles. The zero-order valence-electron chi connectivity index (χ0n) is 20.0. The molecule has 1 saturated heterocycles. The summed E-state index contributed by atoms with van der Waals surface area (Å²) in [6.45, 7) is 14.3. The van der Waals surface area contributed by atoms with Crippen LogP contribution in [0.5, 0.6) is 0 Å². The van der Waals surface area contributed by atoms with Crippen LogP contribution in [0.15, 0.2) is 23.8 Å². The summed E-state index contributed by atoms with van der Waals surface area (Å²) in [6, 6.07) is 0. The maximum absolute atomic E-state index is 6.49. The van der Waals surface area contributed by atoms with Gasteiger partial charge >= 0.3 is 0 Å². The number of ether oxygens (including phenoxy) is 3. The predicted molar refractivity (Wildman–Crippen MR) is 120 cm³/mol. The lowest BCUT2D eigenvalue weighted by Gasteiger charge is -2.56. The second kappa shape index (κ2) is 6.93. The molecule has 1 aliphatic heterocycles. The SMILES string of the molecule is C=C(C)C1CCC2(C)CCC3(C)CC4C(C)CC5(OC)OC(OC)C(=CCC3C12)C45. The largest absolute Gasteiger partial charge is 0.352 e. The van der Waals surface area contributed by atoms with Gasteiger partial charge in [-0.3, -0.25) is 0 Å². The van der Waals surface area contributed by atoms with Gasteiger partial charge in [-0.25, -0.2) is 0 Å². The number of hydrogen-bond donors (Lipinski definition) is 0. The van der Waals surface area contributed by atoms with Gasteiger partial charge in [0.2, 0.25) is 0 Å². The Bertz CT molecular complexity index is 757. The fraction of sp³-hybridized carbons (Fsp3) is 0.852. The van der Waals surface area contributed by atoms with Crippen molar-refractivity contribution in [2.75, 3.05) is 14.2 Å². The minimum Gasteiger partial charge on any atom is -0.352 e. The molecule has 0 radical (unpaired) electrons. The fourth-order valence-electron chi connectivity index (χ4n) is 8.99. The van der Waals surface area contributed by atoms with E-state index in [0.717, 1.165) is 24.7 Å². The summed E-state index contributed by atoms with van der Waals surface area (Å²) in [6.07, 6.45) is 11.2. The van der Waals surface area contributed by atoms with E-state index in [1.165, 1.54) is 43.3 Å². The third-order valence-electron chi connectivity index (χ3n) is 10.5. The molecule has 4 aliphatic carbocycles. The van der Waals surface area contributed by atoms with E-state index in [1.807, 2.05) is 7.11 Å². The van der Waals surface area contributed by atoms with Crippen LogP contribution in [-0.4, -0.2) is 26.3 Å². The Hall–Kier alpha value is -0.640. The van der Waals surface area contributed by atoms with Crippen molar-refractivity contribution in [2.24, 2.45) is 46.3 Å². The lowest BCUT2D eigenvalue weighted by atomic mass is 9.49. The summed E-state index contributed by atoms with van der Waals surface area (Å²) in [5.74, 6) is 3.24. The minimum absolute atomic E-state index is 0.246. The molecule has 0 aromatic rings. The first kappa shape index (κ1) is 21.2. The summed E-state index contributed by atoms with van der Waals surface area (Å²) < 4.78 is 18.4. The van der Waals surface area contributed by atoms with Gasteiger partial charge in [-0.15, -0.1) is 0 Å². The Labute approximate surface area is 183 Å². The number of rotatable bonds is 3. The third kappa shape index (κ3) is 2.74. The van der Waals surface area contributed by atoms with E-state index in [2.05, 4.69) is 40.3 Å². The highest BCUT2D eigenvalue weighted by Crippen LogP contribution is 2.68. The van der Waals surface area contributed by atoms with Gasteiger partial charge < -0.3 is 14.2 Å². The van der Waals surface area contributed by atoms with E-state index >= 15 is 0 Å². The van der Waals surface area contributed by atoms with Crippen molar-refractivity contribution in [3.8, 4) is 0 Å². The molecule has 5 rings (SSSR count). The van der Waals surface area contributed by atoms with Crippen molar-refractivity contribution in [3.05, 3.63) is 23.8 Å². The normalized spacial score (nSPS) is 54.6. The molecule has 0 N–H and O–H groups in total. The lowest BCUT2D eigenvalue weighted by Crippen LogP contribution is -2.48. The quantitative estimate of drug-likeness (QED) is 0.504. The highest BCUT2D eigenvalue weighted by atomic mass is 16.8. The molecule has 10 unspecified atom stereocenters. The molecular formula is C27H42O3. The molecule has 0 aromatic carbocycles. The number of methoxy groups -OCH3 is 2. The van der Waals surface area contributed by atoms with Crippen LogP contribution >= 0.6 is 0 Å². The van der Waals surface area contributed by atoms with Crippen molar-refractivity contribution >= 4 is 0 Å². The standard InChI is InChI=1S/C27H42O3/c1-16(2)18-10-11-25(4)12-13-26(5)15-20-17(3)14-27(29-7)22(20)19(24(28-6)30-27)8-9-21(26)23(18)25/h8,17-18,20-24H,1,9-15H2,2-7H3. The second-order valence-electron chi connectivity index (χ2n) is 12.1. The highest BCUT2D eigenvalue weighted by Gasteiger charge is 2.65. The van der Waals surface area contributed by atoms with Crippen LogP contribution in [0, 0.1) is 46.3 Å². The van der Waals surface area contributed by atoms with Gasteiger partial charge in [-0.2, -0.15) is 0 Å². The third-order valence-corrected chi connectivity index (χ3v) is 10.5. The topological polar surface area (TPSA) is 27.7 Å². The number of hydrogen-bond acceptors (Lipinski definition) is 3. The first-order chi connectivity index (χ1) is 14.2. The maximum Gasteiger partial charge on any atom is 0.183 e. The minimum atomic E-state index is -0.490. The maximum atomic E-state index is 6.49. The summed E-state index contributed by atoms with van der Waals surface area (Å²) >= 11 is 0. The molecule has 0 spiro atoms. The summed E-state index contributed by atoms with van der Waals surface area (Å²) in [7, 11) is 3.61. The molecule has 30 heavy (non-hydrogen) atoms. The van der Waals surface area contributed by atoms with Gasteiger partial charge in [0, 0.05) is 26.6 Å². The number of fused-ring (bicyclic) bond motifs is 3. The smallest absolute Gasteiger partial charge is 0.183 e. The second-order valence-corrected chi connectivity index (χ2v) is 12.1. The van der Waals surface area contributed by atoms with E-state index < -0.39 is 5.79 Å². The Balaban J connectivity index is 1.59. The van der Waals surface area contributed by atoms with Gasteiger partial charge in [-0.1, -0.05) is 39.0 Å². The molecular weight excluding hydrogens is 372 g/mol. The van der Waals surface area contributed by atoms with Crippen molar-refractivity contribution in [3.63, 3.8) is 0 Å². The van der Waals surface area contributed by atoms with Crippen molar-refractivity contribution in [1.29, 1.82) is 0 Å². The average molecular weight is 415 g/mol. The van der Waals surface area contributed by atoms with Crippen molar-refractivity contribution in [2.45, 2.75) is 84.7 Å². The van der Waals surface area contributed by atoms with Crippen LogP contribution in [0.3, 0.4) is 0 Å². The molecule has 1 heterocycles. The Morgan fingerprint density at radius 1 is 1.13 bits per heavy atom. The zero-order valence-corrected chi connectivity index (χ0v) is 20.0. The number of allylic oxidation sites excluding steroid dienone is 2. The van der Waals surface area contributed by atoms with Crippen LogP contribution in [-0.2, 0) is 14.2 Å². The molecule has 5 aliphatic rings. The average Bonchev–Trinajstić information content (AvgIpc) is 3.28. The Kier molecular flexibility index (Phi) is 4.90. The highest BCUT2D eigenvalue weighted by molar-refractivity contribution is 5.27. The van der Waals surface area contributed by atoms with Crippen LogP contribution in [0.25, 0.3) is 0 Å². The van der Waals surface area contributed by atoms with E-state index in [-0.39, 0.29) is 6.29 Å². The van der Waals surface area contributed by atoms with Gasteiger partial charge in [0.25, 0.3) is 0 Å². The van der Waals surface area contributed by atoms with E-state index in [4.69, 9.17) is 14.2 Å². The van der Waals surface area contributed by atoms with Crippen molar-refractivity contribution in [1.82, 2.24) is 0 Å². The summed E-state index contributed by atoms with van der Waals surface area (Å²) in [5.41, 5.74) is 3.65. The van der Waals surface area contributed by atoms with E-state index in [9.17, 15) is 0 Å². The molecule has 3 nitrogen and oxygen atoms in total. The predicted octanol–water partition coefficient (Wildman–Crippen LogP) is 6.35. The molecule has 10 atom stereocenters. The Morgan fingerprint density at radius 3 is 2.53 bits per heavy atom. The fourth-order valence-corrected chi connectivity index (χ4v) is 8.99. The van der Waals surface area contributed by atoms with Gasteiger partial charge in [0.1, 0.15) is 0 Å². The van der Waals surface area contributed by atoms with Gasteiger partial charge in [0.15, 0.2) is 12.1 Å². The molecule has 3 heteroatoms. The van der Waals surface area contributed by atoms with Crippen LogP contribution in [0.2, 0.25) is 0 Å². The monoisotopic (exact) mass is 414 g/mol. The van der Waals surface area contributed by atoms with Crippen LogP contribution in [0.1, 0.15) is 72.6 Å². The molecule has 168 valence electrons. The van der Waals surface area contributed by atoms with Crippen molar-refractivity contribution < 1.29 is 14.2 Å².